The second-order valence-corrected chi connectivity index (χ2v) is 5.12. The number of nitrogens with zero attached hydrogens (tertiary/aromatic N) is 3. The molecule has 1 unspecified atom stereocenters. The molecular formula is C12H16N4O. The van der Waals surface area contributed by atoms with Crippen molar-refractivity contribution in [2.24, 2.45) is 0 Å². The molecule has 5 heteroatoms. The van der Waals surface area contributed by atoms with Crippen LogP contribution in [0.15, 0.2) is 6.20 Å². The lowest BCUT2D eigenvalue weighted by atomic mass is 9.87. The SMILES string of the molecule is CN1CCC(c2cnc(C3(C#N)COC3)[nH]2)C1. The normalized spacial score (nSPS) is 27.6. The Morgan fingerprint density at radius 1 is 1.65 bits per heavy atom. The molecule has 0 aromatic carbocycles. The number of rotatable bonds is 2. The van der Waals surface area contributed by atoms with Crippen molar-refractivity contribution >= 4 is 0 Å². The lowest BCUT2D eigenvalue weighted by Crippen LogP contribution is -2.46. The van der Waals surface area contributed by atoms with E-state index in [-0.39, 0.29) is 0 Å². The van der Waals surface area contributed by atoms with Crippen molar-refractivity contribution in [3.8, 4) is 6.07 Å². The zero-order valence-corrected chi connectivity index (χ0v) is 9.94. The standard InChI is InChI=1S/C12H16N4O/c1-16-3-2-9(5-16)10-4-14-11(15-10)12(6-13)7-17-8-12/h4,9H,2-3,5,7-8H2,1H3,(H,14,15). The highest BCUT2D eigenvalue weighted by Crippen LogP contribution is 2.32. The van der Waals surface area contributed by atoms with Gasteiger partial charge >= 0.3 is 0 Å². The number of imidazole rings is 1. The molecule has 1 aromatic heterocycles. The molecule has 0 bridgehead atoms. The maximum absolute atomic E-state index is 9.21. The van der Waals surface area contributed by atoms with Gasteiger partial charge in [-0.3, -0.25) is 0 Å². The molecule has 3 rings (SSSR count). The van der Waals surface area contributed by atoms with Gasteiger partial charge in [0.2, 0.25) is 0 Å². The van der Waals surface area contributed by atoms with Crippen LogP contribution in [0.25, 0.3) is 0 Å². The van der Waals surface area contributed by atoms with E-state index in [1.165, 1.54) is 0 Å². The number of likely N-dealkylation sites (N-methyl/N-ethyl adjacent to an activating group) is 1. The highest BCUT2D eigenvalue weighted by atomic mass is 16.5. The third-order valence-electron chi connectivity index (χ3n) is 3.79. The van der Waals surface area contributed by atoms with Gasteiger partial charge < -0.3 is 14.6 Å². The first-order valence-electron chi connectivity index (χ1n) is 5.96. The van der Waals surface area contributed by atoms with Crippen LogP contribution >= 0.6 is 0 Å². The molecule has 2 fully saturated rings. The first kappa shape index (κ1) is 10.8. The second kappa shape index (κ2) is 3.83. The zero-order chi connectivity index (χ0) is 11.9. The average molecular weight is 232 g/mol. The molecule has 2 aliphatic rings. The van der Waals surface area contributed by atoms with Crippen molar-refractivity contribution in [2.45, 2.75) is 17.8 Å². The Morgan fingerprint density at radius 3 is 3.00 bits per heavy atom. The topological polar surface area (TPSA) is 64.9 Å². The van der Waals surface area contributed by atoms with Gasteiger partial charge in [0.15, 0.2) is 5.41 Å². The summed E-state index contributed by atoms with van der Waals surface area (Å²) in [4.78, 5) is 10.0. The monoisotopic (exact) mass is 232 g/mol. The van der Waals surface area contributed by atoms with Crippen LogP contribution in [0.4, 0.5) is 0 Å². The molecule has 0 amide bonds. The van der Waals surface area contributed by atoms with Crippen molar-refractivity contribution in [1.82, 2.24) is 14.9 Å². The number of aromatic amines is 1. The molecule has 1 N–H and O–H groups in total. The first-order valence-corrected chi connectivity index (χ1v) is 5.96. The number of H-pyrrole nitrogens is 1. The summed E-state index contributed by atoms with van der Waals surface area (Å²) in [6.07, 6.45) is 3.05. The Hall–Kier alpha value is -1.38. The minimum atomic E-state index is -0.525. The smallest absolute Gasteiger partial charge is 0.161 e. The van der Waals surface area contributed by atoms with Crippen LogP contribution in [0, 0.1) is 11.3 Å². The molecule has 0 radical (unpaired) electrons. The average Bonchev–Trinajstić information content (AvgIpc) is 2.86. The summed E-state index contributed by atoms with van der Waals surface area (Å²) in [5.41, 5.74) is 0.633. The van der Waals surface area contributed by atoms with Gasteiger partial charge in [-0.05, 0) is 20.0 Å². The molecule has 5 nitrogen and oxygen atoms in total. The van der Waals surface area contributed by atoms with Crippen molar-refractivity contribution in [1.29, 1.82) is 5.26 Å². The predicted molar refractivity (Wildman–Crippen MR) is 61.6 cm³/mol. The third kappa shape index (κ3) is 1.65. The fourth-order valence-corrected chi connectivity index (χ4v) is 2.54. The molecule has 0 saturated carbocycles. The maximum atomic E-state index is 9.21. The van der Waals surface area contributed by atoms with Crippen LogP contribution in [0.3, 0.4) is 0 Å². The van der Waals surface area contributed by atoms with Crippen LogP contribution < -0.4 is 0 Å². The molecule has 0 spiro atoms. The Bertz CT molecular complexity index is 457. The Morgan fingerprint density at radius 2 is 2.47 bits per heavy atom. The number of aromatic nitrogens is 2. The third-order valence-corrected chi connectivity index (χ3v) is 3.79. The van der Waals surface area contributed by atoms with Gasteiger partial charge in [0, 0.05) is 24.4 Å². The lowest BCUT2D eigenvalue weighted by molar-refractivity contribution is -0.0336. The summed E-state index contributed by atoms with van der Waals surface area (Å²) >= 11 is 0. The fourth-order valence-electron chi connectivity index (χ4n) is 2.54. The van der Waals surface area contributed by atoms with E-state index in [0.29, 0.717) is 19.1 Å². The van der Waals surface area contributed by atoms with Crippen molar-refractivity contribution < 1.29 is 4.74 Å². The van der Waals surface area contributed by atoms with Gasteiger partial charge in [-0.15, -0.1) is 0 Å². The highest BCUT2D eigenvalue weighted by molar-refractivity contribution is 5.27. The molecule has 1 atom stereocenters. The van der Waals surface area contributed by atoms with E-state index in [1.807, 2.05) is 6.20 Å². The van der Waals surface area contributed by atoms with Crippen LogP contribution in [0.5, 0.6) is 0 Å². The van der Waals surface area contributed by atoms with Crippen LogP contribution in [0.2, 0.25) is 0 Å². The number of hydrogen-bond acceptors (Lipinski definition) is 4. The number of nitrogens with one attached hydrogen (secondary N) is 1. The van der Waals surface area contributed by atoms with Crippen LogP contribution in [-0.4, -0.2) is 48.2 Å². The maximum Gasteiger partial charge on any atom is 0.161 e. The number of ether oxygens (including phenoxy) is 1. The molecule has 1 aromatic rings. The van der Waals surface area contributed by atoms with E-state index >= 15 is 0 Å². The van der Waals surface area contributed by atoms with E-state index in [0.717, 1.165) is 31.0 Å². The molecule has 0 aliphatic carbocycles. The van der Waals surface area contributed by atoms with Gasteiger partial charge in [0.05, 0.1) is 19.3 Å². The van der Waals surface area contributed by atoms with Gasteiger partial charge in [-0.25, -0.2) is 4.98 Å². The molecule has 3 heterocycles. The van der Waals surface area contributed by atoms with Crippen molar-refractivity contribution in [3.63, 3.8) is 0 Å². The minimum absolute atomic E-state index is 0.459. The Balaban J connectivity index is 1.81. The number of hydrogen-bond donors (Lipinski definition) is 1. The van der Waals surface area contributed by atoms with E-state index in [9.17, 15) is 5.26 Å². The van der Waals surface area contributed by atoms with E-state index < -0.39 is 5.41 Å². The number of likely N-dealkylation sites (tertiary alicyclic amines) is 1. The molecule has 2 aliphatic heterocycles. The summed E-state index contributed by atoms with van der Waals surface area (Å²) in [5.74, 6) is 1.30. The summed E-state index contributed by atoms with van der Waals surface area (Å²) in [6, 6.07) is 2.31. The largest absolute Gasteiger partial charge is 0.377 e. The quantitative estimate of drug-likeness (QED) is 0.812. The minimum Gasteiger partial charge on any atom is -0.377 e. The van der Waals surface area contributed by atoms with Crippen LogP contribution in [-0.2, 0) is 10.2 Å². The van der Waals surface area contributed by atoms with Gasteiger partial charge in [0.25, 0.3) is 0 Å². The van der Waals surface area contributed by atoms with E-state index in [1.54, 1.807) is 0 Å². The van der Waals surface area contributed by atoms with Gasteiger partial charge in [-0.1, -0.05) is 0 Å². The Labute approximate surface area is 100 Å². The first-order chi connectivity index (χ1) is 8.23. The fraction of sp³-hybridized carbons (Fsp3) is 0.667. The molecule has 2 saturated heterocycles. The Kier molecular flexibility index (Phi) is 2.42. The summed E-state index contributed by atoms with van der Waals surface area (Å²) in [7, 11) is 2.13. The highest BCUT2D eigenvalue weighted by Gasteiger charge is 2.44. The van der Waals surface area contributed by atoms with Gasteiger partial charge in [0.1, 0.15) is 5.82 Å². The van der Waals surface area contributed by atoms with Crippen LogP contribution in [0.1, 0.15) is 23.9 Å². The van der Waals surface area contributed by atoms with Gasteiger partial charge in [-0.2, -0.15) is 5.26 Å². The van der Waals surface area contributed by atoms with Crippen molar-refractivity contribution in [2.75, 3.05) is 33.4 Å². The van der Waals surface area contributed by atoms with Crippen molar-refractivity contribution in [3.05, 3.63) is 17.7 Å². The summed E-state index contributed by atoms with van der Waals surface area (Å²) in [5, 5.41) is 9.21. The number of nitriles is 1. The summed E-state index contributed by atoms with van der Waals surface area (Å²) in [6.45, 7) is 3.12. The zero-order valence-electron chi connectivity index (χ0n) is 9.94. The predicted octanol–water partition coefficient (Wildman–Crippen LogP) is 0.620. The molecule has 17 heavy (non-hydrogen) atoms. The van der Waals surface area contributed by atoms with E-state index in [4.69, 9.17) is 4.74 Å². The molecule has 90 valence electrons. The lowest BCUT2D eigenvalue weighted by Gasteiger charge is -2.32. The van der Waals surface area contributed by atoms with E-state index in [2.05, 4.69) is 28.0 Å². The second-order valence-electron chi connectivity index (χ2n) is 5.12. The molecular weight excluding hydrogens is 216 g/mol. The summed E-state index contributed by atoms with van der Waals surface area (Å²) < 4.78 is 5.14.